The summed E-state index contributed by atoms with van der Waals surface area (Å²) < 4.78 is 12.8. The van der Waals surface area contributed by atoms with E-state index in [-0.39, 0.29) is 12.1 Å². The van der Waals surface area contributed by atoms with Gasteiger partial charge in [0.05, 0.1) is 19.4 Å². The van der Waals surface area contributed by atoms with Crippen LogP contribution in [0.25, 0.3) is 0 Å². The summed E-state index contributed by atoms with van der Waals surface area (Å²) in [5.41, 5.74) is 3.13. The Hall–Kier alpha value is -2.54. The molecule has 1 fully saturated rings. The fourth-order valence-corrected chi connectivity index (χ4v) is 3.21. The van der Waals surface area contributed by atoms with Crippen molar-refractivity contribution in [2.24, 2.45) is 7.05 Å². The zero-order chi connectivity index (χ0) is 19.2. The average molecular weight is 372 g/mol. The lowest BCUT2D eigenvalue weighted by atomic mass is 10.2. The predicted octanol–water partition coefficient (Wildman–Crippen LogP) is 2.63. The fourth-order valence-electron chi connectivity index (χ4n) is 3.21. The number of amides is 2. The van der Waals surface area contributed by atoms with E-state index in [1.54, 1.807) is 13.3 Å². The van der Waals surface area contributed by atoms with E-state index in [9.17, 15) is 4.79 Å². The molecule has 1 atom stereocenters. The Morgan fingerprint density at radius 1 is 1.41 bits per heavy atom. The Labute approximate surface area is 160 Å². The maximum absolute atomic E-state index is 12.9. The standard InChI is InChI=1S/C20H28N4O3/c1-15-17(12-22-23(15)2)11-21-20(25)24(14-19-5-4-10-27-19)13-16-6-8-18(26-3)9-7-16/h6-9,12,19H,4-5,10-11,13-14H2,1-3H3,(H,21,25). The van der Waals surface area contributed by atoms with Crippen LogP contribution in [0.4, 0.5) is 4.79 Å². The molecule has 146 valence electrons. The Balaban J connectivity index is 1.65. The van der Waals surface area contributed by atoms with E-state index in [0.29, 0.717) is 19.6 Å². The molecule has 2 amide bonds. The quantitative estimate of drug-likeness (QED) is 0.811. The number of carbonyl (C=O) groups excluding carboxylic acids is 1. The van der Waals surface area contributed by atoms with E-state index >= 15 is 0 Å². The van der Waals surface area contributed by atoms with Crippen molar-refractivity contribution in [2.75, 3.05) is 20.3 Å². The highest BCUT2D eigenvalue weighted by molar-refractivity contribution is 5.74. The van der Waals surface area contributed by atoms with Gasteiger partial charge in [-0.3, -0.25) is 4.68 Å². The molecule has 3 rings (SSSR count). The lowest BCUT2D eigenvalue weighted by molar-refractivity contribution is 0.0794. The van der Waals surface area contributed by atoms with Gasteiger partial charge in [0.15, 0.2) is 0 Å². The van der Waals surface area contributed by atoms with Gasteiger partial charge in [-0.25, -0.2) is 4.79 Å². The van der Waals surface area contributed by atoms with Gasteiger partial charge < -0.3 is 19.7 Å². The summed E-state index contributed by atoms with van der Waals surface area (Å²) >= 11 is 0. The largest absolute Gasteiger partial charge is 0.497 e. The van der Waals surface area contributed by atoms with E-state index in [4.69, 9.17) is 9.47 Å². The number of hydrogen-bond donors (Lipinski definition) is 1. The van der Waals surface area contributed by atoms with Crippen LogP contribution in [0.3, 0.4) is 0 Å². The van der Waals surface area contributed by atoms with Crippen LogP contribution in [0.5, 0.6) is 5.75 Å². The summed E-state index contributed by atoms with van der Waals surface area (Å²) in [5.74, 6) is 0.806. The maximum atomic E-state index is 12.9. The lowest BCUT2D eigenvalue weighted by Crippen LogP contribution is -2.43. The first-order valence-electron chi connectivity index (χ1n) is 9.31. The highest BCUT2D eigenvalue weighted by Gasteiger charge is 2.23. The Morgan fingerprint density at radius 3 is 2.78 bits per heavy atom. The number of urea groups is 1. The number of hydrogen-bond acceptors (Lipinski definition) is 4. The first-order chi connectivity index (χ1) is 13.1. The first kappa shape index (κ1) is 19.2. The van der Waals surface area contributed by atoms with Crippen molar-refractivity contribution in [3.63, 3.8) is 0 Å². The molecule has 7 heteroatoms. The van der Waals surface area contributed by atoms with Crippen LogP contribution < -0.4 is 10.1 Å². The van der Waals surface area contributed by atoms with Gasteiger partial charge in [-0.15, -0.1) is 0 Å². The van der Waals surface area contributed by atoms with Gasteiger partial charge in [0, 0.05) is 44.5 Å². The van der Waals surface area contributed by atoms with E-state index < -0.39 is 0 Å². The average Bonchev–Trinajstić information content (AvgIpc) is 3.31. The summed E-state index contributed by atoms with van der Waals surface area (Å²) in [6.45, 7) is 4.35. The van der Waals surface area contributed by atoms with E-state index in [2.05, 4.69) is 10.4 Å². The molecule has 7 nitrogen and oxygen atoms in total. The fraction of sp³-hybridized carbons (Fsp3) is 0.500. The highest BCUT2D eigenvalue weighted by Crippen LogP contribution is 2.17. The number of nitrogens with zero attached hydrogens (tertiary/aromatic N) is 3. The van der Waals surface area contributed by atoms with Crippen molar-refractivity contribution >= 4 is 6.03 Å². The molecule has 0 spiro atoms. The zero-order valence-corrected chi connectivity index (χ0v) is 16.3. The molecule has 2 aromatic rings. The van der Waals surface area contributed by atoms with Crippen LogP contribution in [0.2, 0.25) is 0 Å². The molecule has 0 radical (unpaired) electrons. The third kappa shape index (κ3) is 5.01. The molecular formula is C20H28N4O3. The minimum absolute atomic E-state index is 0.0930. The smallest absolute Gasteiger partial charge is 0.318 e. The Kier molecular flexibility index (Phi) is 6.34. The van der Waals surface area contributed by atoms with Crippen molar-refractivity contribution in [3.05, 3.63) is 47.3 Å². The lowest BCUT2D eigenvalue weighted by Gasteiger charge is -2.26. The number of rotatable bonds is 7. The van der Waals surface area contributed by atoms with E-state index in [1.807, 2.05) is 47.8 Å². The molecule has 2 heterocycles. The van der Waals surface area contributed by atoms with Gasteiger partial charge in [0.25, 0.3) is 0 Å². The minimum atomic E-state index is -0.0930. The van der Waals surface area contributed by atoms with Crippen LogP contribution in [0.15, 0.2) is 30.5 Å². The molecule has 0 bridgehead atoms. The van der Waals surface area contributed by atoms with Gasteiger partial charge in [0.2, 0.25) is 0 Å². The van der Waals surface area contributed by atoms with Gasteiger partial charge in [-0.1, -0.05) is 12.1 Å². The highest BCUT2D eigenvalue weighted by atomic mass is 16.5. The summed E-state index contributed by atoms with van der Waals surface area (Å²) in [7, 11) is 3.54. The van der Waals surface area contributed by atoms with Crippen molar-refractivity contribution in [1.82, 2.24) is 20.0 Å². The van der Waals surface area contributed by atoms with Crippen LogP contribution in [-0.4, -0.2) is 47.1 Å². The molecule has 1 aromatic heterocycles. The predicted molar refractivity (Wildman–Crippen MR) is 103 cm³/mol. The first-order valence-corrected chi connectivity index (χ1v) is 9.31. The number of carbonyl (C=O) groups is 1. The van der Waals surface area contributed by atoms with Gasteiger partial charge >= 0.3 is 6.03 Å². The molecule has 27 heavy (non-hydrogen) atoms. The van der Waals surface area contributed by atoms with E-state index in [0.717, 1.165) is 42.0 Å². The summed E-state index contributed by atoms with van der Waals surface area (Å²) in [6, 6.07) is 7.71. The normalized spacial score (nSPS) is 16.3. The molecule has 1 aromatic carbocycles. The summed E-state index contributed by atoms with van der Waals surface area (Å²) in [5, 5.41) is 7.25. The van der Waals surface area contributed by atoms with Gasteiger partial charge in [0.1, 0.15) is 5.75 Å². The molecule has 1 saturated heterocycles. The second kappa shape index (κ2) is 8.90. The second-order valence-corrected chi connectivity index (χ2v) is 6.90. The summed E-state index contributed by atoms with van der Waals surface area (Å²) in [6.07, 6.45) is 3.95. The van der Waals surface area contributed by atoms with Gasteiger partial charge in [-0.2, -0.15) is 5.10 Å². The summed E-state index contributed by atoms with van der Waals surface area (Å²) in [4.78, 5) is 14.7. The number of aryl methyl sites for hydroxylation is 1. The number of aromatic nitrogens is 2. The zero-order valence-electron chi connectivity index (χ0n) is 16.3. The van der Waals surface area contributed by atoms with Crippen molar-refractivity contribution in [2.45, 2.75) is 39.0 Å². The third-order valence-corrected chi connectivity index (χ3v) is 5.03. The SMILES string of the molecule is COc1ccc(CN(CC2CCCO2)C(=O)NCc2cnn(C)c2C)cc1. The number of nitrogens with one attached hydrogen (secondary N) is 1. The third-order valence-electron chi connectivity index (χ3n) is 5.03. The molecule has 1 unspecified atom stereocenters. The Morgan fingerprint density at radius 2 is 2.19 bits per heavy atom. The molecule has 0 saturated carbocycles. The maximum Gasteiger partial charge on any atom is 0.318 e. The molecule has 1 aliphatic rings. The number of ether oxygens (including phenoxy) is 2. The van der Waals surface area contributed by atoms with Crippen LogP contribution in [-0.2, 0) is 24.9 Å². The second-order valence-electron chi connectivity index (χ2n) is 6.90. The van der Waals surface area contributed by atoms with Crippen LogP contribution in [0.1, 0.15) is 29.7 Å². The molecule has 0 aliphatic carbocycles. The minimum Gasteiger partial charge on any atom is -0.497 e. The number of benzene rings is 1. The monoisotopic (exact) mass is 372 g/mol. The molecule has 1 N–H and O–H groups in total. The molecular weight excluding hydrogens is 344 g/mol. The molecule has 1 aliphatic heterocycles. The van der Waals surface area contributed by atoms with Crippen LogP contribution >= 0.6 is 0 Å². The topological polar surface area (TPSA) is 68.6 Å². The van der Waals surface area contributed by atoms with Crippen molar-refractivity contribution in [3.8, 4) is 5.75 Å². The van der Waals surface area contributed by atoms with Crippen molar-refractivity contribution in [1.29, 1.82) is 0 Å². The number of methoxy groups -OCH3 is 1. The van der Waals surface area contributed by atoms with Crippen LogP contribution in [0, 0.1) is 6.92 Å². The van der Waals surface area contributed by atoms with E-state index in [1.165, 1.54) is 0 Å². The van der Waals surface area contributed by atoms with Gasteiger partial charge in [-0.05, 0) is 37.5 Å². The Bertz CT molecular complexity index is 751. The van der Waals surface area contributed by atoms with Crippen molar-refractivity contribution < 1.29 is 14.3 Å².